The predicted octanol–water partition coefficient (Wildman–Crippen LogP) is 2.12. The lowest BCUT2D eigenvalue weighted by atomic mass is 10.4. The fourth-order valence-electron chi connectivity index (χ4n) is 1.95. The molecule has 0 heterocycles. The van der Waals surface area contributed by atoms with Crippen LogP contribution in [0.15, 0.2) is 34.2 Å². The quantitative estimate of drug-likeness (QED) is 0.289. The third-order valence-corrected chi connectivity index (χ3v) is 4.63. The van der Waals surface area contributed by atoms with E-state index in [4.69, 9.17) is 11.6 Å². The molecule has 1 amide bonds. The lowest BCUT2D eigenvalue weighted by Crippen LogP contribution is -2.42. The van der Waals surface area contributed by atoms with Crippen molar-refractivity contribution in [3.8, 4) is 0 Å². The Hall–Kier alpha value is -1.40. The van der Waals surface area contributed by atoms with Crippen LogP contribution in [0, 0.1) is 5.92 Å². The fourth-order valence-corrected chi connectivity index (χ4v) is 2.84. The summed E-state index contributed by atoms with van der Waals surface area (Å²) >= 11 is 7.63. The Labute approximate surface area is 146 Å². The summed E-state index contributed by atoms with van der Waals surface area (Å²) in [5, 5.41) is 10.1. The molecule has 0 atom stereocenters. The fraction of sp³-hybridized carbons (Fsp3) is 0.500. The monoisotopic (exact) mass is 354 g/mol. The van der Waals surface area contributed by atoms with Crippen LogP contribution in [0.2, 0.25) is 5.02 Å². The number of amides is 1. The van der Waals surface area contributed by atoms with Crippen molar-refractivity contribution >= 4 is 35.2 Å². The second-order valence-corrected chi connectivity index (χ2v) is 6.90. The summed E-state index contributed by atoms with van der Waals surface area (Å²) in [6, 6.07) is 7.83. The largest absolute Gasteiger partial charge is 0.356 e. The number of thioether (sulfide) groups is 1. The van der Waals surface area contributed by atoms with Gasteiger partial charge in [-0.25, -0.2) is 0 Å². The minimum absolute atomic E-state index is 0.175. The molecule has 1 aliphatic rings. The first-order chi connectivity index (χ1) is 11.2. The first kappa shape index (κ1) is 17.9. The molecule has 0 bridgehead atoms. The smallest absolute Gasteiger partial charge is 0.223 e. The van der Waals surface area contributed by atoms with Crippen molar-refractivity contribution in [2.45, 2.75) is 17.7 Å². The Bertz CT molecular complexity index is 531. The summed E-state index contributed by atoms with van der Waals surface area (Å²) in [4.78, 5) is 16.8. The van der Waals surface area contributed by atoms with Gasteiger partial charge in [0.25, 0.3) is 0 Å². The second kappa shape index (κ2) is 9.67. The van der Waals surface area contributed by atoms with E-state index in [1.54, 1.807) is 18.8 Å². The van der Waals surface area contributed by atoms with Crippen molar-refractivity contribution in [3.63, 3.8) is 0 Å². The number of carbonyl (C=O) groups is 1. The molecule has 0 aromatic heterocycles. The van der Waals surface area contributed by atoms with Gasteiger partial charge in [-0.15, -0.1) is 11.8 Å². The van der Waals surface area contributed by atoms with E-state index >= 15 is 0 Å². The third kappa shape index (κ3) is 7.14. The highest BCUT2D eigenvalue weighted by molar-refractivity contribution is 7.99. The first-order valence-corrected chi connectivity index (χ1v) is 9.16. The first-order valence-electron chi connectivity index (χ1n) is 7.79. The molecule has 1 aliphatic carbocycles. The molecule has 0 aliphatic heterocycles. The SMILES string of the molecule is CN=C(NCCNC(=O)C1CC1)NCCSc1ccc(Cl)cc1. The molecule has 3 N–H and O–H groups in total. The highest BCUT2D eigenvalue weighted by Crippen LogP contribution is 2.28. The molecule has 1 fully saturated rings. The van der Waals surface area contributed by atoms with Gasteiger partial charge in [0.1, 0.15) is 0 Å². The summed E-state index contributed by atoms with van der Waals surface area (Å²) in [7, 11) is 1.74. The number of nitrogens with zero attached hydrogens (tertiary/aromatic N) is 1. The van der Waals surface area contributed by atoms with Crippen LogP contribution < -0.4 is 16.0 Å². The zero-order chi connectivity index (χ0) is 16.5. The zero-order valence-electron chi connectivity index (χ0n) is 13.3. The number of rotatable bonds is 8. The summed E-state index contributed by atoms with van der Waals surface area (Å²) in [6.07, 6.45) is 2.07. The molecular formula is C16H23ClN4OS. The highest BCUT2D eigenvalue weighted by Gasteiger charge is 2.28. The average molecular weight is 355 g/mol. The standard InChI is InChI=1S/C16H23ClN4OS/c1-18-16(20-9-8-19-15(22)12-2-3-12)21-10-11-23-14-6-4-13(17)5-7-14/h4-7,12H,2-3,8-11H2,1H3,(H,19,22)(H2,18,20,21). The Balaban J connectivity index is 1.53. The van der Waals surface area contributed by atoms with Gasteiger partial charge >= 0.3 is 0 Å². The molecule has 1 aromatic carbocycles. The molecule has 0 saturated heterocycles. The van der Waals surface area contributed by atoms with E-state index in [0.717, 1.165) is 36.1 Å². The second-order valence-electron chi connectivity index (χ2n) is 5.29. The Morgan fingerprint density at radius 2 is 1.83 bits per heavy atom. The maximum absolute atomic E-state index is 11.5. The number of carbonyl (C=O) groups excluding carboxylic acids is 1. The molecule has 5 nitrogen and oxygen atoms in total. The van der Waals surface area contributed by atoms with Crippen LogP contribution in [-0.4, -0.2) is 44.3 Å². The molecule has 23 heavy (non-hydrogen) atoms. The molecule has 1 aromatic rings. The van der Waals surface area contributed by atoms with Crippen molar-refractivity contribution in [1.82, 2.24) is 16.0 Å². The Morgan fingerprint density at radius 1 is 1.17 bits per heavy atom. The van der Waals surface area contributed by atoms with E-state index in [-0.39, 0.29) is 11.8 Å². The molecule has 0 unspecified atom stereocenters. The van der Waals surface area contributed by atoms with Crippen LogP contribution in [0.3, 0.4) is 0 Å². The number of benzene rings is 1. The van der Waals surface area contributed by atoms with Crippen LogP contribution >= 0.6 is 23.4 Å². The van der Waals surface area contributed by atoms with Crippen LogP contribution in [0.4, 0.5) is 0 Å². The van der Waals surface area contributed by atoms with Gasteiger partial charge in [0.05, 0.1) is 0 Å². The van der Waals surface area contributed by atoms with Crippen molar-refractivity contribution in [2.24, 2.45) is 10.9 Å². The van der Waals surface area contributed by atoms with Crippen molar-refractivity contribution in [2.75, 3.05) is 32.4 Å². The van der Waals surface area contributed by atoms with Crippen LogP contribution in [0.1, 0.15) is 12.8 Å². The summed E-state index contributed by atoms with van der Waals surface area (Å²) < 4.78 is 0. The van der Waals surface area contributed by atoms with Crippen LogP contribution in [0.25, 0.3) is 0 Å². The lowest BCUT2D eigenvalue weighted by molar-refractivity contribution is -0.122. The molecule has 2 rings (SSSR count). The van der Waals surface area contributed by atoms with Gasteiger partial charge in [0, 0.05) is 48.3 Å². The normalized spacial score (nSPS) is 14.4. The minimum atomic E-state index is 0.175. The van der Waals surface area contributed by atoms with Gasteiger partial charge in [-0.05, 0) is 37.1 Å². The summed E-state index contributed by atoms with van der Waals surface area (Å²) in [6.45, 7) is 2.10. The van der Waals surface area contributed by atoms with Crippen molar-refractivity contribution in [1.29, 1.82) is 0 Å². The number of aliphatic imine (C=N–C) groups is 1. The summed E-state index contributed by atoms with van der Waals surface area (Å²) in [5.74, 6) is 2.12. The van der Waals surface area contributed by atoms with Gasteiger partial charge < -0.3 is 16.0 Å². The van der Waals surface area contributed by atoms with E-state index in [2.05, 4.69) is 20.9 Å². The van der Waals surface area contributed by atoms with Gasteiger partial charge in [0.15, 0.2) is 5.96 Å². The zero-order valence-corrected chi connectivity index (χ0v) is 14.8. The maximum atomic E-state index is 11.5. The van der Waals surface area contributed by atoms with Gasteiger partial charge in [-0.1, -0.05) is 11.6 Å². The number of nitrogens with one attached hydrogen (secondary N) is 3. The topological polar surface area (TPSA) is 65.5 Å². The molecule has 126 valence electrons. The predicted molar refractivity (Wildman–Crippen MR) is 97.3 cm³/mol. The lowest BCUT2D eigenvalue weighted by Gasteiger charge is -2.12. The number of hydrogen-bond acceptors (Lipinski definition) is 3. The maximum Gasteiger partial charge on any atom is 0.223 e. The number of guanidine groups is 1. The van der Waals surface area contributed by atoms with E-state index in [9.17, 15) is 4.79 Å². The van der Waals surface area contributed by atoms with Crippen molar-refractivity contribution < 1.29 is 4.79 Å². The Kier molecular flexibility index (Phi) is 7.55. The molecule has 0 radical (unpaired) electrons. The van der Waals surface area contributed by atoms with Crippen LogP contribution in [-0.2, 0) is 4.79 Å². The van der Waals surface area contributed by atoms with Gasteiger partial charge in [0.2, 0.25) is 5.91 Å². The highest BCUT2D eigenvalue weighted by atomic mass is 35.5. The molecule has 1 saturated carbocycles. The number of halogens is 1. The summed E-state index contributed by atoms with van der Waals surface area (Å²) in [5.41, 5.74) is 0. The van der Waals surface area contributed by atoms with Crippen LogP contribution in [0.5, 0.6) is 0 Å². The van der Waals surface area contributed by atoms with E-state index in [1.807, 2.05) is 24.3 Å². The minimum Gasteiger partial charge on any atom is -0.356 e. The van der Waals surface area contributed by atoms with Gasteiger partial charge in [-0.3, -0.25) is 9.79 Å². The number of hydrogen-bond donors (Lipinski definition) is 3. The van der Waals surface area contributed by atoms with E-state index < -0.39 is 0 Å². The van der Waals surface area contributed by atoms with E-state index in [1.165, 1.54) is 4.90 Å². The third-order valence-electron chi connectivity index (χ3n) is 3.37. The molecule has 0 spiro atoms. The van der Waals surface area contributed by atoms with Gasteiger partial charge in [-0.2, -0.15) is 0 Å². The van der Waals surface area contributed by atoms with E-state index in [0.29, 0.717) is 13.1 Å². The Morgan fingerprint density at radius 3 is 2.48 bits per heavy atom. The van der Waals surface area contributed by atoms with Crippen molar-refractivity contribution in [3.05, 3.63) is 29.3 Å². The molecular weight excluding hydrogens is 332 g/mol. The molecule has 7 heteroatoms. The average Bonchev–Trinajstić information content (AvgIpc) is 3.39.